The third kappa shape index (κ3) is 4.31. The highest BCUT2D eigenvalue weighted by Gasteiger charge is 2.32. The van der Waals surface area contributed by atoms with E-state index in [0.29, 0.717) is 35.5 Å². The Balaban J connectivity index is 1.90. The second-order valence-corrected chi connectivity index (χ2v) is 6.97. The van der Waals surface area contributed by atoms with Crippen molar-refractivity contribution in [1.29, 1.82) is 0 Å². The molecule has 1 N–H and O–H groups in total. The van der Waals surface area contributed by atoms with E-state index in [0.717, 1.165) is 15.8 Å². The number of carbonyl (C=O) groups excluding carboxylic acids is 1. The van der Waals surface area contributed by atoms with Crippen molar-refractivity contribution in [2.45, 2.75) is 13.8 Å². The molecule has 0 spiro atoms. The Morgan fingerprint density at radius 2 is 1.81 bits per heavy atom. The van der Waals surface area contributed by atoms with Crippen LogP contribution >= 0.6 is 28.1 Å². The van der Waals surface area contributed by atoms with Crippen LogP contribution in [0.4, 0.5) is 5.69 Å². The first kappa shape index (κ1) is 19.4. The Labute approximate surface area is 172 Å². The van der Waals surface area contributed by atoms with Crippen molar-refractivity contribution in [2.75, 3.05) is 18.1 Å². The topological polar surface area (TPSA) is 50.8 Å². The van der Waals surface area contributed by atoms with Gasteiger partial charge in [-0.3, -0.25) is 9.69 Å². The normalized spacial score (nSPS) is 15.2. The highest BCUT2D eigenvalue weighted by molar-refractivity contribution is 9.10. The molecule has 3 rings (SSSR count). The number of halogens is 1. The highest BCUT2D eigenvalue weighted by Crippen LogP contribution is 2.28. The maximum Gasteiger partial charge on any atom is 0.281 e. The molecule has 0 aliphatic carbocycles. The van der Waals surface area contributed by atoms with Crippen molar-refractivity contribution in [3.8, 4) is 11.5 Å². The van der Waals surface area contributed by atoms with E-state index < -0.39 is 0 Å². The monoisotopic (exact) mass is 446 g/mol. The molecule has 1 amide bonds. The number of amides is 1. The smallest absolute Gasteiger partial charge is 0.281 e. The highest BCUT2D eigenvalue weighted by atomic mass is 79.9. The Morgan fingerprint density at radius 3 is 2.48 bits per heavy atom. The van der Waals surface area contributed by atoms with Gasteiger partial charge in [-0.2, -0.15) is 0 Å². The molecular weight excluding hydrogens is 428 g/mol. The van der Waals surface area contributed by atoms with E-state index in [1.54, 1.807) is 6.08 Å². The van der Waals surface area contributed by atoms with E-state index in [2.05, 4.69) is 21.2 Å². The van der Waals surface area contributed by atoms with Gasteiger partial charge in [-0.05, 0) is 74.6 Å². The van der Waals surface area contributed by atoms with Gasteiger partial charge in [0.15, 0.2) is 5.11 Å². The molecule has 0 unspecified atom stereocenters. The van der Waals surface area contributed by atoms with Crippen LogP contribution in [0.2, 0.25) is 0 Å². The van der Waals surface area contributed by atoms with Crippen molar-refractivity contribution in [2.24, 2.45) is 0 Å². The summed E-state index contributed by atoms with van der Waals surface area (Å²) in [7, 11) is 0. The Hall–Kier alpha value is -2.38. The number of carbonyl (C=O) groups is 1. The summed E-state index contributed by atoms with van der Waals surface area (Å²) in [5, 5.41) is 3.33. The summed E-state index contributed by atoms with van der Waals surface area (Å²) in [5.41, 5.74) is 1.87. The summed E-state index contributed by atoms with van der Waals surface area (Å²) < 4.78 is 12.0. The molecule has 140 valence electrons. The minimum absolute atomic E-state index is 0.216. The lowest BCUT2D eigenvalue weighted by Gasteiger charge is -2.14. The van der Waals surface area contributed by atoms with E-state index in [4.69, 9.17) is 21.7 Å². The van der Waals surface area contributed by atoms with Gasteiger partial charge >= 0.3 is 0 Å². The molecule has 1 fully saturated rings. The van der Waals surface area contributed by atoms with Gasteiger partial charge in [0.25, 0.3) is 5.91 Å². The van der Waals surface area contributed by atoms with Crippen LogP contribution in [-0.2, 0) is 4.79 Å². The number of hydrogen-bond donors (Lipinski definition) is 1. The molecule has 1 heterocycles. The van der Waals surface area contributed by atoms with Gasteiger partial charge in [-0.15, -0.1) is 0 Å². The molecule has 0 atom stereocenters. The maximum absolute atomic E-state index is 12.9. The molecule has 1 saturated heterocycles. The molecular formula is C20H19BrN2O3S. The van der Waals surface area contributed by atoms with E-state index >= 15 is 0 Å². The van der Waals surface area contributed by atoms with E-state index in [9.17, 15) is 4.79 Å². The van der Waals surface area contributed by atoms with Gasteiger partial charge in [0.2, 0.25) is 0 Å². The quantitative estimate of drug-likeness (QED) is 0.522. The lowest BCUT2D eigenvalue weighted by molar-refractivity contribution is -0.113. The lowest BCUT2D eigenvalue weighted by Crippen LogP contribution is -2.30. The standard InChI is InChI=1S/C20H19BrN2O3S/c1-3-25-16-8-6-15(7-9-16)23-19(24)17(22-20(23)27)12-13-11-14(21)5-10-18(13)26-4-2/h5-12H,3-4H2,1-2H3,(H,22,27)/b17-12-. The third-order valence-corrected chi connectivity index (χ3v) is 4.63. The lowest BCUT2D eigenvalue weighted by atomic mass is 10.1. The maximum atomic E-state index is 12.9. The number of thiocarbonyl (C=S) groups is 1. The average molecular weight is 447 g/mol. The van der Waals surface area contributed by atoms with Gasteiger partial charge in [-0.25, -0.2) is 0 Å². The minimum atomic E-state index is -0.216. The number of nitrogens with one attached hydrogen (secondary N) is 1. The number of rotatable bonds is 6. The number of nitrogens with zero attached hydrogens (tertiary/aromatic N) is 1. The first-order valence-electron chi connectivity index (χ1n) is 8.55. The number of anilines is 1. The molecule has 2 aromatic rings. The molecule has 0 aromatic heterocycles. The molecule has 0 radical (unpaired) electrons. The van der Waals surface area contributed by atoms with Crippen LogP contribution in [0, 0.1) is 0 Å². The predicted molar refractivity (Wildman–Crippen MR) is 114 cm³/mol. The third-order valence-electron chi connectivity index (χ3n) is 3.86. The summed E-state index contributed by atoms with van der Waals surface area (Å²) in [6, 6.07) is 12.9. The second-order valence-electron chi connectivity index (χ2n) is 5.67. The zero-order valence-corrected chi connectivity index (χ0v) is 17.4. The molecule has 1 aliphatic heterocycles. The summed E-state index contributed by atoms with van der Waals surface area (Å²) in [6.45, 7) is 4.97. The summed E-state index contributed by atoms with van der Waals surface area (Å²) in [6.07, 6.45) is 1.75. The molecule has 0 bridgehead atoms. The molecule has 0 saturated carbocycles. The van der Waals surface area contributed by atoms with Crippen LogP contribution in [0.5, 0.6) is 11.5 Å². The Bertz CT molecular complexity index is 897. The first-order chi connectivity index (χ1) is 13.0. The van der Waals surface area contributed by atoms with Crippen LogP contribution in [0.3, 0.4) is 0 Å². The Morgan fingerprint density at radius 1 is 1.11 bits per heavy atom. The number of hydrogen-bond acceptors (Lipinski definition) is 4. The zero-order chi connectivity index (χ0) is 19.4. The zero-order valence-electron chi connectivity index (χ0n) is 15.0. The summed E-state index contributed by atoms with van der Waals surface area (Å²) >= 11 is 8.82. The van der Waals surface area contributed by atoms with Crippen LogP contribution in [0.15, 0.2) is 52.6 Å². The largest absolute Gasteiger partial charge is 0.494 e. The van der Waals surface area contributed by atoms with Crippen molar-refractivity contribution in [3.05, 3.63) is 58.2 Å². The molecule has 7 heteroatoms. The van der Waals surface area contributed by atoms with Crippen LogP contribution in [0.1, 0.15) is 19.4 Å². The summed E-state index contributed by atoms with van der Waals surface area (Å²) in [5.74, 6) is 1.23. The van der Waals surface area contributed by atoms with Gasteiger partial charge in [-0.1, -0.05) is 15.9 Å². The predicted octanol–water partition coefficient (Wildman–Crippen LogP) is 4.51. The van der Waals surface area contributed by atoms with Crippen LogP contribution in [0.25, 0.3) is 6.08 Å². The van der Waals surface area contributed by atoms with Crippen molar-refractivity contribution >= 4 is 50.9 Å². The first-order valence-corrected chi connectivity index (χ1v) is 9.76. The van der Waals surface area contributed by atoms with Crippen LogP contribution in [-0.4, -0.2) is 24.2 Å². The average Bonchev–Trinajstić information content (AvgIpc) is 2.92. The molecule has 2 aromatic carbocycles. The van der Waals surface area contributed by atoms with Crippen molar-refractivity contribution < 1.29 is 14.3 Å². The SMILES string of the molecule is CCOc1ccc(N2C(=O)/C(=C/c3cc(Br)ccc3OCC)NC2=S)cc1. The number of benzene rings is 2. The van der Waals surface area contributed by atoms with Gasteiger partial charge in [0, 0.05) is 10.0 Å². The fourth-order valence-corrected chi connectivity index (χ4v) is 3.38. The second kappa shape index (κ2) is 8.54. The molecule has 5 nitrogen and oxygen atoms in total. The van der Waals surface area contributed by atoms with Gasteiger partial charge in [0.1, 0.15) is 17.2 Å². The fraction of sp³-hybridized carbons (Fsp3) is 0.200. The summed E-state index contributed by atoms with van der Waals surface area (Å²) in [4.78, 5) is 14.4. The van der Waals surface area contributed by atoms with E-state index in [1.807, 2.05) is 56.3 Å². The van der Waals surface area contributed by atoms with Crippen molar-refractivity contribution in [1.82, 2.24) is 5.32 Å². The Kier molecular flexibility index (Phi) is 6.13. The van der Waals surface area contributed by atoms with Gasteiger partial charge in [0.05, 0.1) is 18.9 Å². The fourth-order valence-electron chi connectivity index (χ4n) is 2.70. The van der Waals surface area contributed by atoms with E-state index in [1.165, 1.54) is 4.90 Å². The minimum Gasteiger partial charge on any atom is -0.494 e. The van der Waals surface area contributed by atoms with Gasteiger partial charge < -0.3 is 14.8 Å². The van der Waals surface area contributed by atoms with E-state index in [-0.39, 0.29) is 5.91 Å². The van der Waals surface area contributed by atoms with Crippen LogP contribution < -0.4 is 19.7 Å². The number of ether oxygens (including phenoxy) is 2. The molecule has 27 heavy (non-hydrogen) atoms. The molecule has 1 aliphatic rings. The van der Waals surface area contributed by atoms with Crippen molar-refractivity contribution in [3.63, 3.8) is 0 Å².